The molecule has 0 saturated heterocycles. The largest absolute Gasteiger partial charge is 0.493 e. The first-order chi connectivity index (χ1) is 15.8. The van der Waals surface area contributed by atoms with E-state index in [0.29, 0.717) is 17.1 Å². The Morgan fingerprint density at radius 1 is 0.970 bits per heavy atom. The molecule has 178 valence electrons. The highest BCUT2D eigenvalue weighted by atomic mass is 19.3. The molecule has 33 heavy (non-hydrogen) atoms. The maximum atomic E-state index is 12.8. The van der Waals surface area contributed by atoms with Crippen molar-refractivity contribution in [2.24, 2.45) is 0 Å². The van der Waals surface area contributed by atoms with Crippen LogP contribution in [0.5, 0.6) is 23.0 Å². The summed E-state index contributed by atoms with van der Waals surface area (Å²) in [4.78, 5) is 24.5. The number of halogens is 2. The minimum atomic E-state index is -3.07. The van der Waals surface area contributed by atoms with Gasteiger partial charge in [0.1, 0.15) is 0 Å². The van der Waals surface area contributed by atoms with Crippen LogP contribution in [0.25, 0.3) is 6.08 Å². The molecule has 8 nitrogen and oxygen atoms in total. The summed E-state index contributed by atoms with van der Waals surface area (Å²) in [5.41, 5.74) is 0.781. The molecule has 0 aliphatic heterocycles. The Hall–Kier alpha value is -3.82. The topological polar surface area (TPSA) is 92.3 Å². The summed E-state index contributed by atoms with van der Waals surface area (Å²) in [7, 11) is 5.50. The van der Waals surface area contributed by atoms with Crippen LogP contribution in [0.2, 0.25) is 0 Å². The van der Waals surface area contributed by atoms with Crippen LogP contribution >= 0.6 is 0 Å². The number of carbonyl (C=O) groups is 2. The highest BCUT2D eigenvalue weighted by Crippen LogP contribution is 2.34. The second-order valence-corrected chi connectivity index (χ2v) is 6.55. The van der Waals surface area contributed by atoms with Crippen LogP contribution in [0.3, 0.4) is 0 Å². The van der Waals surface area contributed by atoms with Gasteiger partial charge >= 0.3 is 12.6 Å². The molecule has 0 heterocycles. The molecule has 0 bridgehead atoms. The van der Waals surface area contributed by atoms with Gasteiger partial charge in [-0.2, -0.15) is 8.78 Å². The van der Waals surface area contributed by atoms with Gasteiger partial charge in [0.05, 0.1) is 40.9 Å². The predicted octanol–water partition coefficient (Wildman–Crippen LogP) is 3.75. The van der Waals surface area contributed by atoms with Crippen molar-refractivity contribution in [3.8, 4) is 23.0 Å². The monoisotopic (exact) mass is 465 g/mol. The van der Waals surface area contributed by atoms with Crippen molar-refractivity contribution in [2.75, 3.05) is 28.4 Å². The third-order valence-electron chi connectivity index (χ3n) is 4.58. The molecule has 1 unspecified atom stereocenters. The third-order valence-corrected chi connectivity index (χ3v) is 4.58. The first-order valence-corrected chi connectivity index (χ1v) is 9.72. The number of hydrogen-bond donors (Lipinski definition) is 1. The van der Waals surface area contributed by atoms with Crippen molar-refractivity contribution in [2.45, 2.75) is 19.1 Å². The summed E-state index contributed by atoms with van der Waals surface area (Å²) in [5.74, 6) is -0.338. The molecular weight excluding hydrogens is 440 g/mol. The van der Waals surface area contributed by atoms with Crippen molar-refractivity contribution < 1.29 is 42.1 Å². The number of hydrogen-bond acceptors (Lipinski definition) is 7. The molecule has 10 heteroatoms. The average Bonchev–Trinajstić information content (AvgIpc) is 2.81. The van der Waals surface area contributed by atoms with Gasteiger partial charge in [0.2, 0.25) is 5.91 Å². The van der Waals surface area contributed by atoms with E-state index in [1.54, 1.807) is 24.3 Å². The molecular formula is C23H25F2NO7. The number of benzene rings is 2. The van der Waals surface area contributed by atoms with Gasteiger partial charge in [-0.05, 0) is 29.8 Å². The zero-order valence-corrected chi connectivity index (χ0v) is 18.6. The maximum Gasteiger partial charge on any atom is 0.387 e. The van der Waals surface area contributed by atoms with E-state index >= 15 is 0 Å². The Morgan fingerprint density at radius 2 is 1.67 bits per heavy atom. The first kappa shape index (κ1) is 25.4. The van der Waals surface area contributed by atoms with E-state index in [0.717, 1.165) is 6.08 Å². The zero-order valence-electron chi connectivity index (χ0n) is 18.6. The van der Waals surface area contributed by atoms with Gasteiger partial charge in [-0.1, -0.05) is 18.2 Å². The smallest absolute Gasteiger partial charge is 0.387 e. The van der Waals surface area contributed by atoms with Crippen LogP contribution < -0.4 is 24.3 Å². The molecule has 1 amide bonds. The average molecular weight is 465 g/mol. The lowest BCUT2D eigenvalue weighted by atomic mass is 10.0. The Morgan fingerprint density at radius 3 is 2.27 bits per heavy atom. The predicted molar refractivity (Wildman–Crippen MR) is 116 cm³/mol. The Bertz CT molecular complexity index is 995. The standard InChI is InChI=1S/C23H25F2NO7/c1-29-17-10-8-15(12-19(17)31-3)16(13-21(28)32-4)26-20(27)11-9-14-6-5-7-18(30-2)22(14)33-23(24)25/h5-12,16,23H,13H2,1-4H3,(H,26,27)/b11-9+. The Kier molecular flexibility index (Phi) is 9.46. The first-order valence-electron chi connectivity index (χ1n) is 9.72. The fourth-order valence-electron chi connectivity index (χ4n) is 3.00. The van der Waals surface area contributed by atoms with Gasteiger partial charge in [0, 0.05) is 11.6 Å². The van der Waals surface area contributed by atoms with Gasteiger partial charge in [-0.15, -0.1) is 0 Å². The van der Waals surface area contributed by atoms with Crippen molar-refractivity contribution in [3.63, 3.8) is 0 Å². The zero-order chi connectivity index (χ0) is 24.4. The van der Waals surface area contributed by atoms with E-state index in [4.69, 9.17) is 18.9 Å². The SMILES string of the molecule is COC(=O)CC(NC(=O)/C=C/c1cccc(OC)c1OC(F)F)c1ccc(OC)c(OC)c1. The molecule has 0 aliphatic carbocycles. The van der Waals surface area contributed by atoms with Crippen molar-refractivity contribution in [3.05, 3.63) is 53.6 Å². The highest BCUT2D eigenvalue weighted by Gasteiger charge is 2.20. The summed E-state index contributed by atoms with van der Waals surface area (Å²) >= 11 is 0. The van der Waals surface area contributed by atoms with Crippen LogP contribution in [0.15, 0.2) is 42.5 Å². The quantitative estimate of drug-likeness (QED) is 0.399. The van der Waals surface area contributed by atoms with E-state index < -0.39 is 24.5 Å². The molecule has 1 atom stereocenters. The molecule has 0 spiro atoms. The van der Waals surface area contributed by atoms with Crippen molar-refractivity contribution in [1.29, 1.82) is 0 Å². The number of alkyl halides is 2. The molecule has 2 aromatic carbocycles. The van der Waals surface area contributed by atoms with E-state index in [9.17, 15) is 18.4 Å². The summed E-state index contributed by atoms with van der Waals surface area (Å²) in [5, 5.41) is 2.70. The molecule has 0 saturated carbocycles. The molecule has 0 fully saturated rings. The van der Waals surface area contributed by atoms with E-state index in [2.05, 4.69) is 10.1 Å². The van der Waals surface area contributed by atoms with Gasteiger partial charge in [0.25, 0.3) is 0 Å². The second-order valence-electron chi connectivity index (χ2n) is 6.55. The van der Waals surface area contributed by atoms with Gasteiger partial charge < -0.3 is 29.0 Å². The van der Waals surface area contributed by atoms with Crippen molar-refractivity contribution >= 4 is 18.0 Å². The number of amides is 1. The normalized spacial score (nSPS) is 11.7. The van der Waals surface area contributed by atoms with Crippen LogP contribution in [0, 0.1) is 0 Å². The highest BCUT2D eigenvalue weighted by molar-refractivity contribution is 5.93. The molecule has 0 aliphatic rings. The minimum Gasteiger partial charge on any atom is -0.493 e. The summed E-state index contributed by atoms with van der Waals surface area (Å²) in [6.07, 6.45) is 2.29. The summed E-state index contributed by atoms with van der Waals surface area (Å²) < 4.78 is 50.4. The Labute approximate surface area is 190 Å². The van der Waals surface area contributed by atoms with Gasteiger partial charge in [-0.25, -0.2) is 0 Å². The van der Waals surface area contributed by atoms with Gasteiger partial charge in [0.15, 0.2) is 23.0 Å². The lowest BCUT2D eigenvalue weighted by molar-refractivity contribution is -0.141. The van der Waals surface area contributed by atoms with E-state index in [1.807, 2.05) is 0 Å². The van der Waals surface area contributed by atoms with E-state index in [1.165, 1.54) is 46.6 Å². The number of para-hydroxylation sites is 1. The van der Waals surface area contributed by atoms with Crippen molar-refractivity contribution in [1.82, 2.24) is 5.32 Å². The molecule has 0 radical (unpaired) electrons. The molecule has 1 N–H and O–H groups in total. The number of esters is 1. The van der Waals surface area contributed by atoms with Gasteiger partial charge in [-0.3, -0.25) is 9.59 Å². The lowest BCUT2D eigenvalue weighted by Crippen LogP contribution is -2.29. The number of nitrogens with one attached hydrogen (secondary N) is 1. The number of methoxy groups -OCH3 is 4. The number of carbonyl (C=O) groups excluding carboxylic acids is 2. The van der Waals surface area contributed by atoms with Crippen LogP contribution in [-0.4, -0.2) is 46.9 Å². The molecule has 2 aromatic rings. The Balaban J connectivity index is 2.29. The maximum absolute atomic E-state index is 12.8. The molecule has 2 rings (SSSR count). The molecule has 0 aromatic heterocycles. The third kappa shape index (κ3) is 7.09. The summed E-state index contributed by atoms with van der Waals surface area (Å²) in [6, 6.07) is 8.71. The fraction of sp³-hybridized carbons (Fsp3) is 0.304. The van der Waals surface area contributed by atoms with E-state index in [-0.39, 0.29) is 23.5 Å². The van der Waals surface area contributed by atoms with Crippen LogP contribution in [0.4, 0.5) is 8.78 Å². The fourth-order valence-corrected chi connectivity index (χ4v) is 3.00. The number of rotatable bonds is 11. The summed E-state index contributed by atoms with van der Waals surface area (Å²) in [6.45, 7) is -3.07. The van der Waals surface area contributed by atoms with Crippen LogP contribution in [0.1, 0.15) is 23.6 Å². The van der Waals surface area contributed by atoms with Crippen LogP contribution in [-0.2, 0) is 14.3 Å². The lowest BCUT2D eigenvalue weighted by Gasteiger charge is -2.19. The minimum absolute atomic E-state index is 0.0896. The second kappa shape index (κ2) is 12.3. The number of ether oxygens (including phenoxy) is 5.